The first kappa shape index (κ1) is 10.3. The summed E-state index contributed by atoms with van der Waals surface area (Å²) in [5, 5.41) is 0. The molecule has 0 aromatic carbocycles. The molecule has 0 radical (unpaired) electrons. The second-order valence-corrected chi connectivity index (χ2v) is 5.84. The Morgan fingerprint density at radius 3 is 2.73 bits per heavy atom. The molecule has 1 unspecified atom stereocenters. The smallest absolute Gasteiger partial charge is 0.152 e. The van der Waals surface area contributed by atoms with Gasteiger partial charge in [-0.05, 0) is 24.1 Å². The van der Waals surface area contributed by atoms with Crippen molar-refractivity contribution in [3.05, 3.63) is 30.1 Å². The summed E-state index contributed by atoms with van der Waals surface area (Å²) >= 11 is 0. The maximum absolute atomic E-state index is 11.2. The topological polar surface area (TPSA) is 59.4 Å². The lowest BCUT2D eigenvalue weighted by atomic mass is 10.2. The minimum absolute atomic E-state index is 0.0665. The van der Waals surface area contributed by atoms with E-state index in [0.29, 0.717) is 6.42 Å². The first-order chi connectivity index (χ1) is 7.16. The Morgan fingerprint density at radius 1 is 1.40 bits per heavy atom. The summed E-state index contributed by atoms with van der Waals surface area (Å²) in [7, 11) is -2.83. The summed E-state index contributed by atoms with van der Waals surface area (Å²) in [6.07, 6.45) is 5.73. The highest BCUT2D eigenvalue weighted by Crippen LogP contribution is 2.14. The molecule has 0 bridgehead atoms. The van der Waals surface area contributed by atoms with Crippen LogP contribution in [-0.4, -0.2) is 37.2 Å². The van der Waals surface area contributed by atoms with Crippen LogP contribution in [0, 0.1) is 0 Å². The van der Waals surface area contributed by atoms with Crippen molar-refractivity contribution in [2.45, 2.75) is 12.5 Å². The van der Waals surface area contributed by atoms with E-state index in [9.17, 15) is 8.42 Å². The van der Waals surface area contributed by atoms with Gasteiger partial charge in [-0.1, -0.05) is 0 Å². The number of pyridine rings is 1. The van der Waals surface area contributed by atoms with Crippen LogP contribution in [0.15, 0.2) is 29.5 Å². The van der Waals surface area contributed by atoms with Gasteiger partial charge in [0.05, 0.1) is 17.5 Å². The molecule has 2 heterocycles. The SMILES string of the molecule is O=S1(=O)CCC(N=Cc2ccncc2)C1. The highest BCUT2D eigenvalue weighted by atomic mass is 32.2. The van der Waals surface area contributed by atoms with E-state index in [4.69, 9.17) is 0 Å². The normalized spacial score (nSPS) is 24.7. The molecule has 0 aliphatic carbocycles. The van der Waals surface area contributed by atoms with E-state index in [-0.39, 0.29) is 17.5 Å². The Kier molecular flexibility index (Phi) is 2.81. The van der Waals surface area contributed by atoms with Crippen molar-refractivity contribution in [3.63, 3.8) is 0 Å². The molecule has 1 fully saturated rings. The summed E-state index contributed by atoms with van der Waals surface area (Å²) in [4.78, 5) is 8.15. The van der Waals surface area contributed by atoms with Crippen LogP contribution >= 0.6 is 0 Å². The zero-order chi connectivity index (χ0) is 10.7. The maximum Gasteiger partial charge on any atom is 0.152 e. The van der Waals surface area contributed by atoms with Gasteiger partial charge in [0, 0.05) is 18.6 Å². The fraction of sp³-hybridized carbons (Fsp3) is 0.400. The zero-order valence-electron chi connectivity index (χ0n) is 8.20. The molecule has 2 rings (SSSR count). The zero-order valence-corrected chi connectivity index (χ0v) is 9.02. The molecular formula is C10H12N2O2S. The highest BCUT2D eigenvalue weighted by Gasteiger charge is 2.26. The van der Waals surface area contributed by atoms with Crippen LogP contribution in [0.3, 0.4) is 0 Å². The molecule has 80 valence electrons. The lowest BCUT2D eigenvalue weighted by Crippen LogP contribution is -2.07. The lowest BCUT2D eigenvalue weighted by Gasteiger charge is -1.98. The van der Waals surface area contributed by atoms with Gasteiger partial charge in [-0.2, -0.15) is 0 Å². The van der Waals surface area contributed by atoms with E-state index >= 15 is 0 Å². The molecule has 0 spiro atoms. The molecule has 1 aromatic rings. The van der Waals surface area contributed by atoms with Crippen molar-refractivity contribution in [2.24, 2.45) is 4.99 Å². The molecule has 1 aromatic heterocycles. The van der Waals surface area contributed by atoms with E-state index in [2.05, 4.69) is 9.98 Å². The van der Waals surface area contributed by atoms with Gasteiger partial charge < -0.3 is 0 Å². The van der Waals surface area contributed by atoms with Crippen molar-refractivity contribution in [2.75, 3.05) is 11.5 Å². The monoisotopic (exact) mass is 224 g/mol. The predicted molar refractivity (Wildman–Crippen MR) is 58.9 cm³/mol. The van der Waals surface area contributed by atoms with Gasteiger partial charge in [0.1, 0.15) is 0 Å². The Hall–Kier alpha value is -1.23. The molecule has 5 heteroatoms. The van der Waals surface area contributed by atoms with Crippen molar-refractivity contribution in [3.8, 4) is 0 Å². The second-order valence-electron chi connectivity index (χ2n) is 3.62. The maximum atomic E-state index is 11.2. The van der Waals surface area contributed by atoms with Crippen molar-refractivity contribution in [1.29, 1.82) is 0 Å². The molecule has 0 N–H and O–H groups in total. The van der Waals surface area contributed by atoms with Crippen molar-refractivity contribution < 1.29 is 8.42 Å². The van der Waals surface area contributed by atoms with Crippen LogP contribution in [0.4, 0.5) is 0 Å². The van der Waals surface area contributed by atoms with E-state index in [1.165, 1.54) is 0 Å². The third kappa shape index (κ3) is 2.86. The van der Waals surface area contributed by atoms with Gasteiger partial charge in [-0.15, -0.1) is 0 Å². The van der Waals surface area contributed by atoms with E-state index in [0.717, 1.165) is 5.56 Å². The third-order valence-electron chi connectivity index (χ3n) is 2.35. The first-order valence-electron chi connectivity index (χ1n) is 4.79. The molecule has 0 amide bonds. The predicted octanol–water partition coefficient (Wildman–Crippen LogP) is 0.688. The second kappa shape index (κ2) is 4.10. The Morgan fingerprint density at radius 2 is 2.13 bits per heavy atom. The molecule has 0 saturated carbocycles. The van der Waals surface area contributed by atoms with Crippen molar-refractivity contribution >= 4 is 16.1 Å². The minimum atomic E-state index is -2.83. The van der Waals surface area contributed by atoms with Gasteiger partial charge in [0.25, 0.3) is 0 Å². The Balaban J connectivity index is 2.02. The number of rotatable bonds is 2. The minimum Gasteiger partial charge on any atom is -0.288 e. The third-order valence-corrected chi connectivity index (χ3v) is 4.10. The Bertz CT molecular complexity index is 454. The van der Waals surface area contributed by atoms with Crippen molar-refractivity contribution in [1.82, 2.24) is 4.98 Å². The molecule has 15 heavy (non-hydrogen) atoms. The van der Waals surface area contributed by atoms with Crippen LogP contribution in [0.2, 0.25) is 0 Å². The van der Waals surface area contributed by atoms with Gasteiger partial charge >= 0.3 is 0 Å². The van der Waals surface area contributed by atoms with Gasteiger partial charge in [-0.3, -0.25) is 9.98 Å². The fourth-order valence-corrected chi connectivity index (χ4v) is 3.17. The van der Waals surface area contributed by atoms with E-state index < -0.39 is 9.84 Å². The number of aromatic nitrogens is 1. The molecule has 1 atom stereocenters. The number of hydrogen-bond acceptors (Lipinski definition) is 4. The summed E-state index contributed by atoms with van der Waals surface area (Å²) in [5.41, 5.74) is 0.953. The number of aliphatic imine (C=N–C) groups is 1. The van der Waals surface area contributed by atoms with Crippen LogP contribution < -0.4 is 0 Å². The average molecular weight is 224 g/mol. The van der Waals surface area contributed by atoms with Crippen LogP contribution in [-0.2, 0) is 9.84 Å². The lowest BCUT2D eigenvalue weighted by molar-refractivity contribution is 0.601. The number of nitrogens with zero attached hydrogens (tertiary/aromatic N) is 2. The molecule has 4 nitrogen and oxygen atoms in total. The molecule has 1 saturated heterocycles. The van der Waals surface area contributed by atoms with Crippen LogP contribution in [0.1, 0.15) is 12.0 Å². The van der Waals surface area contributed by atoms with E-state index in [1.54, 1.807) is 18.6 Å². The quantitative estimate of drug-likeness (QED) is 0.694. The Labute approximate surface area is 89.0 Å². The summed E-state index contributed by atoms with van der Waals surface area (Å²) in [5.74, 6) is 0.458. The number of sulfone groups is 1. The van der Waals surface area contributed by atoms with E-state index in [1.807, 2.05) is 12.1 Å². The summed E-state index contributed by atoms with van der Waals surface area (Å²) in [6, 6.07) is 3.61. The number of hydrogen-bond donors (Lipinski definition) is 0. The van der Waals surface area contributed by atoms with Gasteiger partial charge in [0.2, 0.25) is 0 Å². The fourth-order valence-electron chi connectivity index (χ4n) is 1.53. The summed E-state index contributed by atoms with van der Waals surface area (Å²) < 4.78 is 22.3. The molecule has 1 aliphatic rings. The highest BCUT2D eigenvalue weighted by molar-refractivity contribution is 7.91. The summed E-state index contributed by atoms with van der Waals surface area (Å²) in [6.45, 7) is 0. The molecule has 1 aliphatic heterocycles. The standard InChI is InChI=1S/C10H12N2O2S/c13-15(14)6-3-10(8-15)12-7-9-1-4-11-5-2-9/h1-2,4-5,7,10H,3,6,8H2. The van der Waals surface area contributed by atoms with Gasteiger partial charge in [0.15, 0.2) is 9.84 Å². The van der Waals surface area contributed by atoms with Crippen LogP contribution in [0.25, 0.3) is 0 Å². The molecular weight excluding hydrogens is 212 g/mol. The van der Waals surface area contributed by atoms with Crippen LogP contribution in [0.5, 0.6) is 0 Å². The average Bonchev–Trinajstić information content (AvgIpc) is 2.57. The van der Waals surface area contributed by atoms with Gasteiger partial charge in [-0.25, -0.2) is 8.42 Å². The largest absolute Gasteiger partial charge is 0.288 e. The first-order valence-corrected chi connectivity index (χ1v) is 6.61.